The van der Waals surface area contributed by atoms with Gasteiger partial charge in [0.2, 0.25) is 10.0 Å². The van der Waals surface area contributed by atoms with Crippen molar-refractivity contribution in [2.24, 2.45) is 0 Å². The molecule has 0 amide bonds. The molecule has 2 aromatic rings. The molecule has 1 aromatic carbocycles. The fraction of sp³-hybridized carbons (Fsp3) is 0.542. The van der Waals surface area contributed by atoms with Crippen molar-refractivity contribution >= 4 is 15.8 Å². The first-order valence-corrected chi connectivity index (χ1v) is 13.1. The number of furan rings is 1. The van der Waals surface area contributed by atoms with Gasteiger partial charge in [0.05, 0.1) is 49.2 Å². The number of benzene rings is 1. The van der Waals surface area contributed by atoms with E-state index >= 15 is 0 Å². The summed E-state index contributed by atoms with van der Waals surface area (Å²) < 4.78 is 44.5. The third-order valence-electron chi connectivity index (χ3n) is 6.16. The number of nitrogens with zero attached hydrogens (tertiary/aromatic N) is 2. The van der Waals surface area contributed by atoms with Crippen LogP contribution in [0.3, 0.4) is 0 Å². The Labute approximate surface area is 201 Å². The Morgan fingerprint density at radius 2 is 1.85 bits per heavy atom. The normalized spacial score (nSPS) is 23.6. The summed E-state index contributed by atoms with van der Waals surface area (Å²) in [7, 11) is -3.71. The van der Waals surface area contributed by atoms with Crippen LogP contribution in [-0.2, 0) is 19.5 Å². The fourth-order valence-corrected chi connectivity index (χ4v) is 6.15. The molecule has 3 unspecified atom stereocenters. The van der Waals surface area contributed by atoms with Gasteiger partial charge in [0, 0.05) is 38.3 Å². The standard InChI is InChI=1S/C24H33N3O6S/c1-18-16-27(17-19(2)33-18)34(29,30)21-6-3-5-20(13-21)23(28)15-25-14-22(24-7-4-10-32-24)26-8-11-31-12-9-26/h3-7,10,13,18-19,22,25H,8-9,11-12,14-17H2,1-2H3. The number of ketones is 1. The monoisotopic (exact) mass is 491 g/mol. The number of morpholine rings is 2. The average Bonchev–Trinajstić information content (AvgIpc) is 3.36. The van der Waals surface area contributed by atoms with Crippen LogP contribution >= 0.6 is 0 Å². The van der Waals surface area contributed by atoms with Crippen LogP contribution in [0.25, 0.3) is 0 Å². The van der Waals surface area contributed by atoms with Crippen LogP contribution in [0, 0.1) is 0 Å². The van der Waals surface area contributed by atoms with E-state index in [1.807, 2.05) is 26.0 Å². The molecule has 1 aromatic heterocycles. The molecule has 0 aliphatic carbocycles. The highest BCUT2D eigenvalue weighted by Gasteiger charge is 2.32. The molecular weight excluding hydrogens is 458 g/mol. The molecule has 2 aliphatic heterocycles. The van der Waals surface area contributed by atoms with Crippen molar-refractivity contribution in [3.63, 3.8) is 0 Å². The molecule has 34 heavy (non-hydrogen) atoms. The summed E-state index contributed by atoms with van der Waals surface area (Å²) >= 11 is 0. The number of nitrogens with one attached hydrogen (secondary N) is 1. The van der Waals surface area contributed by atoms with Crippen LogP contribution in [0.4, 0.5) is 0 Å². The van der Waals surface area contributed by atoms with Crippen molar-refractivity contribution < 1.29 is 27.1 Å². The second-order valence-electron chi connectivity index (χ2n) is 8.84. The molecule has 0 bridgehead atoms. The lowest BCUT2D eigenvalue weighted by Gasteiger charge is -2.34. The van der Waals surface area contributed by atoms with Gasteiger partial charge >= 0.3 is 0 Å². The van der Waals surface area contributed by atoms with Crippen molar-refractivity contribution in [1.82, 2.24) is 14.5 Å². The highest BCUT2D eigenvalue weighted by Crippen LogP contribution is 2.23. The Bertz CT molecular complexity index is 1040. The minimum Gasteiger partial charge on any atom is -0.468 e. The average molecular weight is 492 g/mol. The molecule has 3 heterocycles. The van der Waals surface area contributed by atoms with Crippen molar-refractivity contribution in [2.45, 2.75) is 37.0 Å². The maximum absolute atomic E-state index is 13.2. The zero-order chi connectivity index (χ0) is 24.1. The molecule has 9 nitrogen and oxygen atoms in total. The number of carbonyl (C=O) groups excluding carboxylic acids is 1. The lowest BCUT2D eigenvalue weighted by atomic mass is 10.1. The summed E-state index contributed by atoms with van der Waals surface area (Å²) in [5, 5.41) is 3.23. The summed E-state index contributed by atoms with van der Waals surface area (Å²) in [5.74, 6) is 0.671. The van der Waals surface area contributed by atoms with Gasteiger partial charge < -0.3 is 19.2 Å². The van der Waals surface area contributed by atoms with Gasteiger partial charge in [0.15, 0.2) is 5.78 Å². The zero-order valence-electron chi connectivity index (χ0n) is 19.7. The van der Waals surface area contributed by atoms with Gasteiger partial charge in [0.1, 0.15) is 5.76 Å². The lowest BCUT2D eigenvalue weighted by Crippen LogP contribution is -2.48. The van der Waals surface area contributed by atoms with Gasteiger partial charge in [-0.05, 0) is 38.1 Å². The predicted octanol–water partition coefficient (Wildman–Crippen LogP) is 1.92. The van der Waals surface area contributed by atoms with E-state index in [2.05, 4.69) is 10.2 Å². The molecule has 0 radical (unpaired) electrons. The van der Waals surface area contributed by atoms with E-state index in [1.165, 1.54) is 16.4 Å². The molecule has 10 heteroatoms. The number of Topliss-reactive ketones (excluding diaryl/α,β-unsaturated/α-hetero) is 1. The van der Waals surface area contributed by atoms with E-state index < -0.39 is 10.0 Å². The van der Waals surface area contributed by atoms with Gasteiger partial charge in [-0.25, -0.2) is 8.42 Å². The molecular formula is C24H33N3O6S. The Morgan fingerprint density at radius 3 is 2.53 bits per heavy atom. The lowest BCUT2D eigenvalue weighted by molar-refractivity contribution is -0.0440. The minimum absolute atomic E-state index is 0.0105. The minimum atomic E-state index is -3.71. The highest BCUT2D eigenvalue weighted by molar-refractivity contribution is 7.89. The Kier molecular flexibility index (Phi) is 8.18. The van der Waals surface area contributed by atoms with Crippen molar-refractivity contribution in [3.05, 3.63) is 54.0 Å². The maximum Gasteiger partial charge on any atom is 0.243 e. The summed E-state index contributed by atoms with van der Waals surface area (Å²) in [6.45, 7) is 7.84. The first-order chi connectivity index (χ1) is 16.3. The molecule has 2 fully saturated rings. The van der Waals surface area contributed by atoms with Gasteiger partial charge in [-0.3, -0.25) is 9.69 Å². The summed E-state index contributed by atoms with van der Waals surface area (Å²) in [4.78, 5) is 15.3. The summed E-state index contributed by atoms with van der Waals surface area (Å²) in [6.07, 6.45) is 1.29. The van der Waals surface area contributed by atoms with Gasteiger partial charge in [-0.2, -0.15) is 4.31 Å². The number of hydrogen-bond donors (Lipinski definition) is 1. The second kappa shape index (κ2) is 11.1. The maximum atomic E-state index is 13.2. The number of sulfonamides is 1. The third-order valence-corrected chi connectivity index (χ3v) is 7.99. The van der Waals surface area contributed by atoms with Crippen molar-refractivity contribution in [3.8, 4) is 0 Å². The number of carbonyl (C=O) groups is 1. The Balaban J connectivity index is 1.40. The fourth-order valence-electron chi connectivity index (χ4n) is 4.51. The molecule has 2 saturated heterocycles. The number of rotatable bonds is 9. The topological polar surface area (TPSA) is 101 Å². The van der Waals surface area contributed by atoms with Gasteiger partial charge in [-0.1, -0.05) is 12.1 Å². The van der Waals surface area contributed by atoms with Crippen LogP contribution in [0.2, 0.25) is 0 Å². The first-order valence-electron chi connectivity index (χ1n) is 11.7. The van der Waals surface area contributed by atoms with Crippen molar-refractivity contribution in [1.29, 1.82) is 0 Å². The quantitative estimate of drug-likeness (QED) is 0.531. The Hall–Kier alpha value is -2.08. The van der Waals surface area contributed by atoms with E-state index in [1.54, 1.807) is 18.4 Å². The molecule has 0 saturated carbocycles. The largest absolute Gasteiger partial charge is 0.468 e. The van der Waals surface area contributed by atoms with Crippen LogP contribution in [0.15, 0.2) is 52.0 Å². The molecule has 2 aliphatic rings. The van der Waals surface area contributed by atoms with Crippen LogP contribution in [0.5, 0.6) is 0 Å². The molecule has 4 rings (SSSR count). The highest BCUT2D eigenvalue weighted by atomic mass is 32.2. The zero-order valence-corrected chi connectivity index (χ0v) is 20.5. The van der Waals surface area contributed by atoms with E-state index in [4.69, 9.17) is 13.9 Å². The first kappa shape index (κ1) is 25.0. The molecule has 0 spiro atoms. The van der Waals surface area contributed by atoms with E-state index in [9.17, 15) is 13.2 Å². The van der Waals surface area contributed by atoms with E-state index in [-0.39, 0.29) is 35.5 Å². The Morgan fingerprint density at radius 1 is 1.12 bits per heavy atom. The van der Waals surface area contributed by atoms with Crippen LogP contribution < -0.4 is 5.32 Å². The van der Waals surface area contributed by atoms with E-state index in [0.29, 0.717) is 38.4 Å². The predicted molar refractivity (Wildman–Crippen MR) is 126 cm³/mol. The van der Waals surface area contributed by atoms with Gasteiger partial charge in [-0.15, -0.1) is 0 Å². The molecule has 1 N–H and O–H groups in total. The van der Waals surface area contributed by atoms with Crippen molar-refractivity contribution in [2.75, 3.05) is 52.5 Å². The number of hydrogen-bond acceptors (Lipinski definition) is 8. The molecule has 3 atom stereocenters. The van der Waals surface area contributed by atoms with Gasteiger partial charge in [0.25, 0.3) is 0 Å². The second-order valence-corrected chi connectivity index (χ2v) is 10.8. The molecule has 186 valence electrons. The summed E-state index contributed by atoms with van der Waals surface area (Å²) in [5.41, 5.74) is 0.365. The smallest absolute Gasteiger partial charge is 0.243 e. The number of ether oxygens (including phenoxy) is 2. The third kappa shape index (κ3) is 5.94. The van der Waals surface area contributed by atoms with Crippen LogP contribution in [-0.4, -0.2) is 88.1 Å². The SMILES string of the molecule is CC1CN(S(=O)(=O)c2cccc(C(=O)CNCC(c3ccco3)N3CCOCC3)c2)CC(C)O1. The van der Waals surface area contributed by atoms with Crippen LogP contribution in [0.1, 0.15) is 36.0 Å². The van der Waals surface area contributed by atoms with E-state index in [0.717, 1.165) is 18.8 Å². The summed E-state index contributed by atoms with van der Waals surface area (Å²) in [6, 6.07) is 10.1.